The lowest BCUT2D eigenvalue weighted by molar-refractivity contribution is -0.143. The zero-order chi connectivity index (χ0) is 24.8. The monoisotopic (exact) mass is 480 g/mol. The van der Waals surface area contributed by atoms with E-state index >= 15 is 0 Å². The average Bonchev–Trinajstić information content (AvgIpc) is 3.15. The van der Waals surface area contributed by atoms with Crippen molar-refractivity contribution in [3.05, 3.63) is 59.7 Å². The Labute approximate surface area is 205 Å². The topological polar surface area (TPSA) is 114 Å². The molecule has 0 aliphatic heterocycles. The molecule has 35 heavy (non-hydrogen) atoms. The molecule has 1 saturated carbocycles. The third kappa shape index (κ3) is 5.65. The lowest BCUT2D eigenvalue weighted by atomic mass is 9.75. The highest BCUT2D eigenvalue weighted by atomic mass is 16.5. The van der Waals surface area contributed by atoms with Crippen molar-refractivity contribution in [1.82, 2.24) is 10.6 Å². The van der Waals surface area contributed by atoms with Gasteiger partial charge < -0.3 is 25.2 Å². The molecule has 2 aliphatic carbocycles. The third-order valence-corrected chi connectivity index (χ3v) is 7.09. The normalized spacial score (nSPS) is 16.4. The van der Waals surface area contributed by atoms with Gasteiger partial charge in [-0.2, -0.15) is 0 Å². The van der Waals surface area contributed by atoms with Crippen molar-refractivity contribution >= 4 is 18.0 Å². The van der Waals surface area contributed by atoms with E-state index in [1.165, 1.54) is 7.11 Å². The first-order valence-electron chi connectivity index (χ1n) is 12.1. The minimum absolute atomic E-state index is 0.0454. The van der Waals surface area contributed by atoms with Crippen molar-refractivity contribution in [3.8, 4) is 11.1 Å². The van der Waals surface area contributed by atoms with E-state index in [1.54, 1.807) is 0 Å². The first-order chi connectivity index (χ1) is 17.0. The van der Waals surface area contributed by atoms with Gasteiger partial charge in [-0.05, 0) is 41.0 Å². The zero-order valence-corrected chi connectivity index (χ0v) is 19.9. The molecule has 0 aromatic heterocycles. The van der Waals surface area contributed by atoms with E-state index in [9.17, 15) is 19.5 Å². The number of carboxylic acids is 1. The highest BCUT2D eigenvalue weighted by molar-refractivity contribution is 5.85. The number of methoxy groups -OCH3 is 1. The van der Waals surface area contributed by atoms with Gasteiger partial charge in [-0.25, -0.2) is 9.59 Å². The molecule has 0 radical (unpaired) electrons. The van der Waals surface area contributed by atoms with E-state index in [0.29, 0.717) is 0 Å². The molecule has 2 atom stereocenters. The number of hydrogen-bond acceptors (Lipinski definition) is 5. The Hall–Kier alpha value is -3.39. The second kappa shape index (κ2) is 11.4. The van der Waals surface area contributed by atoms with E-state index in [1.807, 2.05) is 24.3 Å². The molecule has 2 aliphatic rings. The van der Waals surface area contributed by atoms with Gasteiger partial charge in [0.15, 0.2) is 0 Å². The van der Waals surface area contributed by atoms with Crippen molar-refractivity contribution in [2.45, 2.75) is 37.6 Å². The van der Waals surface area contributed by atoms with Crippen LogP contribution in [0.1, 0.15) is 42.7 Å². The van der Waals surface area contributed by atoms with Gasteiger partial charge in [0.2, 0.25) is 5.91 Å². The van der Waals surface area contributed by atoms with Crippen LogP contribution in [0.4, 0.5) is 4.79 Å². The minimum Gasteiger partial charge on any atom is -0.480 e. The number of alkyl carbamates (subject to hydrolysis) is 1. The maximum absolute atomic E-state index is 12.9. The van der Waals surface area contributed by atoms with E-state index in [4.69, 9.17) is 9.47 Å². The molecule has 186 valence electrons. The quantitative estimate of drug-likeness (QED) is 0.453. The summed E-state index contributed by atoms with van der Waals surface area (Å²) in [6.45, 7) is 0.519. The Bertz CT molecular complexity index is 1020. The summed E-state index contributed by atoms with van der Waals surface area (Å²) in [5, 5.41) is 14.8. The number of aliphatic carboxylic acids is 1. The van der Waals surface area contributed by atoms with Crippen LogP contribution in [-0.2, 0) is 19.1 Å². The van der Waals surface area contributed by atoms with Gasteiger partial charge in [0.05, 0.1) is 5.92 Å². The number of rotatable bonds is 11. The summed E-state index contributed by atoms with van der Waals surface area (Å²) in [6.07, 6.45) is 2.36. The molecule has 0 bridgehead atoms. The number of carboxylic acid groups (broad SMARTS) is 1. The molecular formula is C27H32N2O6. The smallest absolute Gasteiger partial charge is 0.407 e. The molecule has 8 nitrogen and oxygen atoms in total. The minimum atomic E-state index is -1.10. The molecule has 8 heteroatoms. The number of carbonyl (C=O) groups excluding carboxylic acids is 2. The molecule has 0 saturated heterocycles. The second-order valence-electron chi connectivity index (χ2n) is 9.18. The summed E-state index contributed by atoms with van der Waals surface area (Å²) < 4.78 is 10.5. The van der Waals surface area contributed by atoms with Gasteiger partial charge in [0, 0.05) is 32.6 Å². The van der Waals surface area contributed by atoms with E-state index in [2.05, 4.69) is 34.9 Å². The van der Waals surface area contributed by atoms with Gasteiger partial charge >= 0.3 is 12.1 Å². The lowest BCUT2D eigenvalue weighted by Gasteiger charge is -2.33. The van der Waals surface area contributed by atoms with E-state index < -0.39 is 24.0 Å². The summed E-state index contributed by atoms with van der Waals surface area (Å²) in [6, 6.07) is 15.2. The number of nitrogens with one attached hydrogen (secondary N) is 2. The molecule has 2 aromatic carbocycles. The predicted octanol–water partition coefficient (Wildman–Crippen LogP) is 3.55. The lowest BCUT2D eigenvalue weighted by Crippen LogP contribution is -2.49. The standard InChI is InChI=1S/C27H32N2O6/c1-34-14-13-24(26(31)32)29-25(30)22(17-7-6-8-17)15-28-27(33)35-16-23-20-11-4-2-9-18(20)19-10-3-5-12-21(19)23/h2-5,9-12,17,22-24H,6-8,13-16H2,1H3,(H,28,33)(H,29,30)(H,31,32). The van der Waals surface area contributed by atoms with Crippen molar-refractivity contribution in [2.24, 2.45) is 11.8 Å². The number of carbonyl (C=O) groups is 3. The highest BCUT2D eigenvalue weighted by Gasteiger charge is 2.35. The van der Waals surface area contributed by atoms with Crippen LogP contribution >= 0.6 is 0 Å². The molecule has 2 amide bonds. The van der Waals surface area contributed by atoms with E-state index in [0.717, 1.165) is 41.5 Å². The van der Waals surface area contributed by atoms with Crippen LogP contribution < -0.4 is 10.6 Å². The van der Waals surface area contributed by atoms with Gasteiger partial charge in [0.1, 0.15) is 12.6 Å². The summed E-state index contributed by atoms with van der Waals surface area (Å²) in [4.78, 5) is 37.0. The van der Waals surface area contributed by atoms with Crippen LogP contribution in [0.5, 0.6) is 0 Å². The molecule has 2 aromatic rings. The molecule has 1 fully saturated rings. The van der Waals surface area contributed by atoms with Crippen LogP contribution in [0.25, 0.3) is 11.1 Å². The zero-order valence-electron chi connectivity index (χ0n) is 19.9. The average molecular weight is 481 g/mol. The molecule has 3 N–H and O–H groups in total. The number of fused-ring (bicyclic) bond motifs is 3. The van der Waals surface area contributed by atoms with E-state index in [-0.39, 0.29) is 43.9 Å². The van der Waals surface area contributed by atoms with Gasteiger partial charge in [-0.1, -0.05) is 55.0 Å². The third-order valence-electron chi connectivity index (χ3n) is 7.09. The molecule has 0 spiro atoms. The fourth-order valence-electron chi connectivity index (χ4n) is 4.93. The molecule has 4 rings (SSSR count). The number of amides is 2. The molecular weight excluding hydrogens is 448 g/mol. The van der Waals surface area contributed by atoms with Crippen molar-refractivity contribution in [1.29, 1.82) is 0 Å². The number of benzene rings is 2. The Morgan fingerprint density at radius 3 is 2.20 bits per heavy atom. The largest absolute Gasteiger partial charge is 0.480 e. The molecule has 2 unspecified atom stereocenters. The fourth-order valence-corrected chi connectivity index (χ4v) is 4.93. The van der Waals surface area contributed by atoms with Crippen molar-refractivity contribution < 1.29 is 29.0 Å². The Morgan fingerprint density at radius 2 is 1.66 bits per heavy atom. The highest BCUT2D eigenvalue weighted by Crippen LogP contribution is 2.44. The summed E-state index contributed by atoms with van der Waals surface area (Å²) in [7, 11) is 1.48. The Morgan fingerprint density at radius 1 is 1.03 bits per heavy atom. The maximum Gasteiger partial charge on any atom is 0.407 e. The van der Waals surface area contributed by atoms with Crippen molar-refractivity contribution in [3.63, 3.8) is 0 Å². The fraction of sp³-hybridized carbons (Fsp3) is 0.444. The maximum atomic E-state index is 12.9. The summed E-state index contributed by atoms with van der Waals surface area (Å²) in [5.74, 6) is -1.91. The first-order valence-corrected chi connectivity index (χ1v) is 12.1. The Kier molecular flexibility index (Phi) is 8.02. The number of hydrogen-bond donors (Lipinski definition) is 3. The van der Waals surface area contributed by atoms with Gasteiger partial charge in [-0.15, -0.1) is 0 Å². The SMILES string of the molecule is COCCC(NC(=O)C(CNC(=O)OCC1c2ccccc2-c2ccccc21)C1CCC1)C(=O)O. The second-order valence-corrected chi connectivity index (χ2v) is 9.18. The van der Waals surface area contributed by atoms with Gasteiger partial charge in [-0.3, -0.25) is 4.79 Å². The van der Waals surface area contributed by atoms with Gasteiger partial charge in [0.25, 0.3) is 0 Å². The first kappa shape index (κ1) is 24.7. The van der Waals surface area contributed by atoms with Crippen LogP contribution in [0.15, 0.2) is 48.5 Å². The predicted molar refractivity (Wildman–Crippen MR) is 130 cm³/mol. The summed E-state index contributed by atoms with van der Waals surface area (Å²) in [5.41, 5.74) is 4.56. The van der Waals surface area contributed by atoms with Crippen LogP contribution in [0.2, 0.25) is 0 Å². The van der Waals surface area contributed by atoms with Crippen LogP contribution in [0, 0.1) is 11.8 Å². The van der Waals surface area contributed by atoms with Crippen molar-refractivity contribution in [2.75, 3.05) is 26.9 Å². The molecule has 0 heterocycles. The van der Waals surface area contributed by atoms with Crippen LogP contribution in [0.3, 0.4) is 0 Å². The van der Waals surface area contributed by atoms with Crippen LogP contribution in [-0.4, -0.2) is 56.0 Å². The number of ether oxygens (including phenoxy) is 2. The Balaban J connectivity index is 1.34. The summed E-state index contributed by atoms with van der Waals surface area (Å²) >= 11 is 0.